The Kier molecular flexibility index (Phi) is 6.21. The zero-order valence-electron chi connectivity index (χ0n) is 16.3. The third-order valence-electron chi connectivity index (χ3n) is 5.87. The van der Waals surface area contributed by atoms with Crippen molar-refractivity contribution in [3.8, 4) is 5.75 Å². The number of nitrogens with one attached hydrogen (secondary N) is 1. The molecule has 0 unspecified atom stereocenters. The Morgan fingerprint density at radius 3 is 2.68 bits per heavy atom. The van der Waals surface area contributed by atoms with Crippen molar-refractivity contribution in [1.29, 1.82) is 0 Å². The van der Waals surface area contributed by atoms with Gasteiger partial charge in [0.05, 0.1) is 6.61 Å². The number of carboxylic acids is 1. The number of ether oxygens (including phenoxy) is 1. The van der Waals surface area contributed by atoms with Gasteiger partial charge in [-0.25, -0.2) is 4.79 Å². The number of carbonyl (C=O) groups is 3. The standard InChI is InChI=1S/C21H28N2O5/c1-23(21(20(26)27)11-3-2-4-12-21)19(25)6-5-13-28-16-8-9-17-15(14-16)7-10-18(24)22-17/h8-9,14H,2-7,10-13H2,1H3,(H,22,24)(H,26,27). The lowest BCUT2D eigenvalue weighted by Gasteiger charge is -2.41. The number of likely N-dealkylation sites (N-methyl/N-ethyl adjacent to an activating group) is 1. The summed E-state index contributed by atoms with van der Waals surface area (Å²) in [6.07, 6.45) is 5.69. The van der Waals surface area contributed by atoms with E-state index in [9.17, 15) is 19.5 Å². The van der Waals surface area contributed by atoms with Crippen LogP contribution in [0.4, 0.5) is 5.69 Å². The number of benzene rings is 1. The van der Waals surface area contributed by atoms with E-state index < -0.39 is 11.5 Å². The van der Waals surface area contributed by atoms with Crippen molar-refractivity contribution >= 4 is 23.5 Å². The van der Waals surface area contributed by atoms with Crippen molar-refractivity contribution in [1.82, 2.24) is 4.90 Å². The molecule has 152 valence electrons. The van der Waals surface area contributed by atoms with Crippen molar-refractivity contribution in [2.75, 3.05) is 19.0 Å². The highest BCUT2D eigenvalue weighted by Crippen LogP contribution is 2.34. The molecule has 0 spiro atoms. The third kappa shape index (κ3) is 4.29. The molecule has 2 N–H and O–H groups in total. The first-order valence-corrected chi connectivity index (χ1v) is 9.98. The molecule has 1 fully saturated rings. The largest absolute Gasteiger partial charge is 0.494 e. The lowest BCUT2D eigenvalue weighted by molar-refractivity contribution is -0.160. The van der Waals surface area contributed by atoms with Crippen LogP contribution in [-0.4, -0.2) is 47.0 Å². The van der Waals surface area contributed by atoms with Crippen LogP contribution in [0.3, 0.4) is 0 Å². The quantitative estimate of drug-likeness (QED) is 0.700. The van der Waals surface area contributed by atoms with Gasteiger partial charge in [-0.05, 0) is 49.4 Å². The molecule has 1 aromatic rings. The molecule has 0 bridgehead atoms. The van der Waals surface area contributed by atoms with Gasteiger partial charge in [-0.2, -0.15) is 0 Å². The third-order valence-corrected chi connectivity index (χ3v) is 5.87. The predicted octanol–water partition coefficient (Wildman–Crippen LogP) is 2.98. The molecular weight excluding hydrogens is 360 g/mol. The van der Waals surface area contributed by atoms with E-state index in [1.807, 2.05) is 12.1 Å². The van der Waals surface area contributed by atoms with Crippen molar-refractivity contribution in [3.05, 3.63) is 23.8 Å². The van der Waals surface area contributed by atoms with Crippen molar-refractivity contribution in [2.45, 2.75) is 63.3 Å². The van der Waals surface area contributed by atoms with E-state index in [1.54, 1.807) is 13.1 Å². The maximum absolute atomic E-state index is 12.6. The van der Waals surface area contributed by atoms with E-state index in [-0.39, 0.29) is 18.2 Å². The molecule has 1 aliphatic carbocycles. The molecule has 1 heterocycles. The van der Waals surface area contributed by atoms with Gasteiger partial charge in [0, 0.05) is 25.6 Å². The minimum Gasteiger partial charge on any atom is -0.494 e. The molecule has 0 saturated heterocycles. The lowest BCUT2D eigenvalue weighted by Crippen LogP contribution is -2.56. The summed E-state index contributed by atoms with van der Waals surface area (Å²) in [7, 11) is 1.61. The number of aliphatic carboxylic acids is 1. The average molecular weight is 388 g/mol. The Bertz CT molecular complexity index is 755. The van der Waals surface area contributed by atoms with Gasteiger partial charge in [-0.3, -0.25) is 9.59 Å². The maximum Gasteiger partial charge on any atom is 0.329 e. The first kappa shape index (κ1) is 20.2. The second kappa shape index (κ2) is 8.63. The second-order valence-corrected chi connectivity index (χ2v) is 7.67. The van der Waals surface area contributed by atoms with E-state index >= 15 is 0 Å². The smallest absolute Gasteiger partial charge is 0.329 e. The van der Waals surface area contributed by atoms with E-state index in [1.165, 1.54) is 4.90 Å². The molecule has 1 aliphatic heterocycles. The topological polar surface area (TPSA) is 95.9 Å². The molecule has 2 aliphatic rings. The first-order chi connectivity index (χ1) is 13.4. The molecular formula is C21H28N2O5. The van der Waals surface area contributed by atoms with E-state index in [4.69, 9.17) is 4.74 Å². The number of aryl methyl sites for hydroxylation is 1. The Hall–Kier alpha value is -2.57. The minimum atomic E-state index is -1.06. The highest BCUT2D eigenvalue weighted by Gasteiger charge is 2.45. The predicted molar refractivity (Wildman–Crippen MR) is 104 cm³/mol. The van der Waals surface area contributed by atoms with Crippen molar-refractivity contribution < 1.29 is 24.2 Å². The van der Waals surface area contributed by atoms with Gasteiger partial charge in [-0.1, -0.05) is 19.3 Å². The highest BCUT2D eigenvalue weighted by molar-refractivity contribution is 5.94. The lowest BCUT2D eigenvalue weighted by atomic mass is 9.80. The van der Waals surface area contributed by atoms with E-state index in [0.717, 1.165) is 30.5 Å². The fourth-order valence-corrected chi connectivity index (χ4v) is 4.10. The molecule has 1 saturated carbocycles. The first-order valence-electron chi connectivity index (χ1n) is 9.98. The summed E-state index contributed by atoms with van der Waals surface area (Å²) in [4.78, 5) is 37.2. The average Bonchev–Trinajstić information content (AvgIpc) is 2.70. The SMILES string of the molecule is CN(C(=O)CCCOc1ccc2c(c1)CCC(=O)N2)C1(C(=O)O)CCCCC1. The number of amides is 2. The molecule has 28 heavy (non-hydrogen) atoms. The fourth-order valence-electron chi connectivity index (χ4n) is 4.10. The summed E-state index contributed by atoms with van der Waals surface area (Å²) in [5, 5.41) is 12.5. The van der Waals surface area contributed by atoms with Crippen molar-refractivity contribution in [2.24, 2.45) is 0 Å². The number of hydrogen-bond donors (Lipinski definition) is 2. The Morgan fingerprint density at radius 2 is 1.96 bits per heavy atom. The summed E-state index contributed by atoms with van der Waals surface area (Å²) >= 11 is 0. The summed E-state index contributed by atoms with van der Waals surface area (Å²) in [5.74, 6) is -0.313. The van der Waals surface area contributed by atoms with Crippen LogP contribution in [0.25, 0.3) is 0 Å². The highest BCUT2D eigenvalue weighted by atomic mass is 16.5. The molecule has 0 radical (unpaired) electrons. The zero-order valence-corrected chi connectivity index (χ0v) is 16.3. The van der Waals surface area contributed by atoms with Crippen LogP contribution >= 0.6 is 0 Å². The van der Waals surface area contributed by atoms with E-state index in [2.05, 4.69) is 5.32 Å². The van der Waals surface area contributed by atoms with Crippen LogP contribution < -0.4 is 10.1 Å². The minimum absolute atomic E-state index is 0.0286. The summed E-state index contributed by atoms with van der Waals surface area (Å²) < 4.78 is 5.75. The van der Waals surface area contributed by atoms with Crippen LogP contribution in [0.15, 0.2) is 18.2 Å². The summed E-state index contributed by atoms with van der Waals surface area (Å²) in [6.45, 7) is 0.380. The summed E-state index contributed by atoms with van der Waals surface area (Å²) in [6, 6.07) is 5.56. The molecule has 7 heteroatoms. The summed E-state index contributed by atoms with van der Waals surface area (Å²) in [5.41, 5.74) is 0.819. The number of rotatable bonds is 7. The normalized spacial score (nSPS) is 18.0. The van der Waals surface area contributed by atoms with Crippen LogP contribution in [0.5, 0.6) is 5.75 Å². The van der Waals surface area contributed by atoms with Gasteiger partial charge in [0.2, 0.25) is 11.8 Å². The maximum atomic E-state index is 12.6. The molecule has 1 aromatic carbocycles. The van der Waals surface area contributed by atoms with Crippen LogP contribution in [0.1, 0.15) is 56.9 Å². The monoisotopic (exact) mass is 388 g/mol. The Balaban J connectivity index is 1.49. The van der Waals surface area contributed by atoms with Gasteiger partial charge < -0.3 is 20.1 Å². The number of carboxylic acid groups (broad SMARTS) is 1. The van der Waals surface area contributed by atoms with Gasteiger partial charge in [0.25, 0.3) is 0 Å². The number of fused-ring (bicyclic) bond motifs is 1. The van der Waals surface area contributed by atoms with Crippen LogP contribution in [0.2, 0.25) is 0 Å². The van der Waals surface area contributed by atoms with Gasteiger partial charge in [0.1, 0.15) is 11.3 Å². The fraction of sp³-hybridized carbons (Fsp3) is 0.571. The van der Waals surface area contributed by atoms with E-state index in [0.29, 0.717) is 44.5 Å². The van der Waals surface area contributed by atoms with Crippen LogP contribution in [0, 0.1) is 0 Å². The number of nitrogens with zero attached hydrogens (tertiary/aromatic N) is 1. The van der Waals surface area contributed by atoms with Gasteiger partial charge in [0.15, 0.2) is 0 Å². The molecule has 3 rings (SSSR count). The molecule has 0 aromatic heterocycles. The number of carbonyl (C=O) groups excluding carboxylic acids is 2. The Morgan fingerprint density at radius 1 is 1.21 bits per heavy atom. The number of hydrogen-bond acceptors (Lipinski definition) is 4. The molecule has 2 amide bonds. The zero-order chi connectivity index (χ0) is 20.1. The van der Waals surface area contributed by atoms with Crippen molar-refractivity contribution in [3.63, 3.8) is 0 Å². The number of anilines is 1. The second-order valence-electron chi connectivity index (χ2n) is 7.67. The molecule has 0 atom stereocenters. The van der Waals surface area contributed by atoms with Gasteiger partial charge >= 0.3 is 5.97 Å². The molecule has 7 nitrogen and oxygen atoms in total. The Labute approximate surface area is 165 Å². The van der Waals surface area contributed by atoms with Crippen LogP contribution in [-0.2, 0) is 20.8 Å². The van der Waals surface area contributed by atoms with Gasteiger partial charge in [-0.15, -0.1) is 0 Å².